The summed E-state index contributed by atoms with van der Waals surface area (Å²) >= 11 is 3.46. The molecule has 98 valence electrons. The van der Waals surface area contributed by atoms with Crippen LogP contribution in [-0.4, -0.2) is 12.6 Å². The summed E-state index contributed by atoms with van der Waals surface area (Å²) in [5.41, 5.74) is 3.79. The molecule has 0 aliphatic carbocycles. The van der Waals surface area contributed by atoms with E-state index in [-0.39, 0.29) is 12.0 Å². The van der Waals surface area contributed by atoms with Crippen LogP contribution in [0, 0.1) is 0 Å². The van der Waals surface area contributed by atoms with Gasteiger partial charge in [-0.3, -0.25) is 4.79 Å². The van der Waals surface area contributed by atoms with Gasteiger partial charge in [0.1, 0.15) is 18.4 Å². The lowest BCUT2D eigenvalue weighted by molar-refractivity contribution is -0.150. The number of hydrogen-bond donors (Lipinski definition) is 1. The maximum absolute atomic E-state index is 10.9. The van der Waals surface area contributed by atoms with Crippen molar-refractivity contribution in [3.8, 4) is 5.75 Å². The Kier molecular flexibility index (Phi) is 3.16. The van der Waals surface area contributed by atoms with Crippen molar-refractivity contribution in [1.82, 2.24) is 5.48 Å². The second-order valence-corrected chi connectivity index (χ2v) is 5.33. The Morgan fingerprint density at radius 2 is 2.26 bits per heavy atom. The molecule has 2 aromatic carbocycles. The molecule has 0 amide bonds. The number of benzene rings is 2. The maximum atomic E-state index is 10.9. The smallest absolute Gasteiger partial charge is 0.321 e. The molecular formula is C14H12BrNO3. The quantitative estimate of drug-likeness (QED) is 0.863. The number of halogens is 1. The van der Waals surface area contributed by atoms with Gasteiger partial charge in [0.25, 0.3) is 0 Å². The first kappa shape index (κ1) is 12.4. The molecule has 0 radical (unpaired) electrons. The molecule has 0 saturated carbocycles. The van der Waals surface area contributed by atoms with Crippen LogP contribution in [0.25, 0.3) is 10.8 Å². The number of carbonyl (C=O) groups excluding carboxylic acids is 1. The van der Waals surface area contributed by atoms with Crippen molar-refractivity contribution in [2.75, 3.05) is 6.61 Å². The van der Waals surface area contributed by atoms with Gasteiger partial charge >= 0.3 is 5.97 Å². The first-order valence-electron chi connectivity index (χ1n) is 5.93. The standard InChI is InChI=1S/C14H12BrNO3/c1-8(17)19-16-12-7-18-13-5-2-9-6-10(15)3-4-11(9)14(12)13/h2-6,12,16H,7H2,1H3. The second kappa shape index (κ2) is 4.83. The third kappa shape index (κ3) is 2.31. The topological polar surface area (TPSA) is 47.6 Å². The van der Waals surface area contributed by atoms with Gasteiger partial charge in [0, 0.05) is 17.0 Å². The van der Waals surface area contributed by atoms with E-state index < -0.39 is 0 Å². The molecule has 5 heteroatoms. The molecule has 0 fully saturated rings. The van der Waals surface area contributed by atoms with Crippen LogP contribution >= 0.6 is 15.9 Å². The van der Waals surface area contributed by atoms with E-state index in [2.05, 4.69) is 27.5 Å². The van der Waals surface area contributed by atoms with E-state index in [9.17, 15) is 4.79 Å². The molecule has 1 atom stereocenters. The van der Waals surface area contributed by atoms with Crippen LogP contribution in [0.2, 0.25) is 0 Å². The highest BCUT2D eigenvalue weighted by Gasteiger charge is 2.27. The summed E-state index contributed by atoms with van der Waals surface area (Å²) in [6, 6.07) is 9.91. The summed E-state index contributed by atoms with van der Waals surface area (Å²) in [7, 11) is 0. The minimum atomic E-state index is -0.364. The van der Waals surface area contributed by atoms with Crippen molar-refractivity contribution >= 4 is 32.7 Å². The summed E-state index contributed by atoms with van der Waals surface area (Å²) in [6.07, 6.45) is 0. The van der Waals surface area contributed by atoms with Gasteiger partial charge in [0.15, 0.2) is 0 Å². The number of carbonyl (C=O) groups is 1. The molecule has 1 aliphatic heterocycles. The van der Waals surface area contributed by atoms with Crippen LogP contribution in [0.5, 0.6) is 5.75 Å². The van der Waals surface area contributed by atoms with E-state index in [1.807, 2.05) is 24.3 Å². The van der Waals surface area contributed by atoms with Crippen molar-refractivity contribution in [3.05, 3.63) is 40.4 Å². The van der Waals surface area contributed by atoms with Crippen LogP contribution in [0.4, 0.5) is 0 Å². The van der Waals surface area contributed by atoms with Crippen LogP contribution in [0.1, 0.15) is 18.5 Å². The van der Waals surface area contributed by atoms with Crippen molar-refractivity contribution in [1.29, 1.82) is 0 Å². The fourth-order valence-electron chi connectivity index (χ4n) is 2.29. The molecule has 0 aromatic heterocycles. The minimum Gasteiger partial charge on any atom is -0.491 e. The highest BCUT2D eigenvalue weighted by atomic mass is 79.9. The predicted octanol–water partition coefficient (Wildman–Crippen LogP) is 3.10. The van der Waals surface area contributed by atoms with E-state index in [0.29, 0.717) is 6.61 Å². The summed E-state index contributed by atoms with van der Waals surface area (Å²) in [6.45, 7) is 1.82. The molecular weight excluding hydrogens is 310 g/mol. The highest BCUT2D eigenvalue weighted by molar-refractivity contribution is 9.10. The van der Waals surface area contributed by atoms with Gasteiger partial charge in [0.05, 0.1) is 0 Å². The molecule has 19 heavy (non-hydrogen) atoms. The van der Waals surface area contributed by atoms with Gasteiger partial charge in [-0.15, -0.1) is 5.48 Å². The predicted molar refractivity (Wildman–Crippen MR) is 74.8 cm³/mol. The van der Waals surface area contributed by atoms with Crippen molar-refractivity contribution in [2.24, 2.45) is 0 Å². The zero-order valence-corrected chi connectivity index (χ0v) is 11.9. The lowest BCUT2D eigenvalue weighted by Gasteiger charge is -2.12. The second-order valence-electron chi connectivity index (χ2n) is 4.42. The molecule has 1 aliphatic rings. The summed E-state index contributed by atoms with van der Waals surface area (Å²) in [5, 5.41) is 2.22. The summed E-state index contributed by atoms with van der Waals surface area (Å²) < 4.78 is 6.65. The number of rotatable bonds is 2. The van der Waals surface area contributed by atoms with Gasteiger partial charge in [-0.2, -0.15) is 0 Å². The largest absolute Gasteiger partial charge is 0.491 e. The number of hydrogen-bond acceptors (Lipinski definition) is 4. The van der Waals surface area contributed by atoms with Crippen molar-refractivity contribution < 1.29 is 14.4 Å². The van der Waals surface area contributed by atoms with E-state index >= 15 is 0 Å². The Bertz CT molecular complexity index is 656. The lowest BCUT2D eigenvalue weighted by atomic mass is 10.0. The van der Waals surface area contributed by atoms with Gasteiger partial charge < -0.3 is 9.57 Å². The number of hydroxylamine groups is 1. The van der Waals surface area contributed by atoms with Crippen LogP contribution in [-0.2, 0) is 9.63 Å². The van der Waals surface area contributed by atoms with E-state index in [0.717, 1.165) is 26.6 Å². The zero-order chi connectivity index (χ0) is 13.4. The van der Waals surface area contributed by atoms with Gasteiger partial charge in [0.2, 0.25) is 0 Å². The van der Waals surface area contributed by atoms with E-state index in [4.69, 9.17) is 9.57 Å². The molecule has 1 heterocycles. The van der Waals surface area contributed by atoms with E-state index in [1.54, 1.807) is 0 Å². The molecule has 0 spiro atoms. The maximum Gasteiger partial charge on any atom is 0.321 e. The average molecular weight is 322 g/mol. The molecule has 1 N–H and O–H groups in total. The Hall–Kier alpha value is -1.59. The molecule has 0 bridgehead atoms. The Morgan fingerprint density at radius 3 is 3.05 bits per heavy atom. The highest BCUT2D eigenvalue weighted by Crippen LogP contribution is 2.38. The first-order chi connectivity index (χ1) is 9.15. The third-order valence-corrected chi connectivity index (χ3v) is 3.58. The van der Waals surface area contributed by atoms with Gasteiger partial charge in [-0.05, 0) is 29.0 Å². The Balaban J connectivity index is 2.04. The SMILES string of the molecule is CC(=O)ONC1COc2ccc3cc(Br)ccc3c21. The van der Waals surface area contributed by atoms with Crippen LogP contribution in [0.3, 0.4) is 0 Å². The Labute approximate surface area is 118 Å². The molecule has 1 unspecified atom stereocenters. The van der Waals surface area contributed by atoms with E-state index in [1.165, 1.54) is 6.92 Å². The average Bonchev–Trinajstić information content (AvgIpc) is 2.79. The molecule has 2 aromatic rings. The third-order valence-electron chi connectivity index (χ3n) is 3.08. The van der Waals surface area contributed by atoms with Crippen molar-refractivity contribution in [2.45, 2.75) is 13.0 Å². The zero-order valence-electron chi connectivity index (χ0n) is 10.3. The number of ether oxygens (including phenoxy) is 1. The normalized spacial score (nSPS) is 17.1. The first-order valence-corrected chi connectivity index (χ1v) is 6.72. The Morgan fingerprint density at radius 1 is 1.42 bits per heavy atom. The fraction of sp³-hybridized carbons (Fsp3) is 0.214. The molecule has 3 rings (SSSR count). The summed E-state index contributed by atoms with van der Waals surface area (Å²) in [5.74, 6) is 0.468. The lowest BCUT2D eigenvalue weighted by Crippen LogP contribution is -2.25. The number of fused-ring (bicyclic) bond motifs is 3. The summed E-state index contributed by atoms with van der Waals surface area (Å²) in [4.78, 5) is 15.8. The minimum absolute atomic E-state index is 0.135. The van der Waals surface area contributed by atoms with Crippen LogP contribution < -0.4 is 10.2 Å². The molecule has 0 saturated heterocycles. The van der Waals surface area contributed by atoms with Gasteiger partial charge in [-0.25, -0.2) is 0 Å². The monoisotopic (exact) mass is 321 g/mol. The molecule has 4 nitrogen and oxygen atoms in total. The van der Waals surface area contributed by atoms with Crippen molar-refractivity contribution in [3.63, 3.8) is 0 Å². The van der Waals surface area contributed by atoms with Crippen LogP contribution in [0.15, 0.2) is 34.8 Å². The van der Waals surface area contributed by atoms with Gasteiger partial charge in [-0.1, -0.05) is 28.1 Å². The number of nitrogens with one attached hydrogen (secondary N) is 1. The fourth-order valence-corrected chi connectivity index (χ4v) is 2.67.